The van der Waals surface area contributed by atoms with Gasteiger partial charge in [0.15, 0.2) is 0 Å². The smallest absolute Gasteiger partial charge is 0.228 e. The molecule has 29 heavy (non-hydrogen) atoms. The van der Waals surface area contributed by atoms with Crippen LogP contribution in [0.2, 0.25) is 0 Å². The maximum atomic E-state index is 11.6. The number of carbonyl (C=O) groups excluding carboxylic acids is 1. The number of likely N-dealkylation sites (N-methyl/N-ethyl adjacent to an activating group) is 1. The van der Waals surface area contributed by atoms with E-state index in [1.54, 1.807) is 7.11 Å². The summed E-state index contributed by atoms with van der Waals surface area (Å²) >= 11 is 0. The lowest BCUT2D eigenvalue weighted by Crippen LogP contribution is -2.22. The first-order valence-electron chi connectivity index (χ1n) is 9.84. The van der Waals surface area contributed by atoms with E-state index in [-0.39, 0.29) is 5.91 Å². The highest BCUT2D eigenvalue weighted by atomic mass is 16.5. The van der Waals surface area contributed by atoms with E-state index in [0.717, 1.165) is 53.2 Å². The standard InChI is InChI=1S/C23H26N4O2/c1-27(11-12-29-2)15-16-3-5-17(6-4-16)24-14-18-7-8-19-20-13-23(28)26-22(20)10-9-21(19)25-18/h3-10,24H,11-15H2,1-2H3,(H,26,28). The molecule has 6 heteroatoms. The Morgan fingerprint density at radius 3 is 2.76 bits per heavy atom. The number of nitrogens with one attached hydrogen (secondary N) is 2. The summed E-state index contributed by atoms with van der Waals surface area (Å²) in [5, 5.41) is 7.37. The molecule has 0 radical (unpaired) electrons. The van der Waals surface area contributed by atoms with Gasteiger partial charge in [0, 0.05) is 37.0 Å². The van der Waals surface area contributed by atoms with E-state index in [4.69, 9.17) is 9.72 Å². The molecule has 0 fully saturated rings. The zero-order valence-corrected chi connectivity index (χ0v) is 16.9. The van der Waals surface area contributed by atoms with Gasteiger partial charge in [-0.1, -0.05) is 18.2 Å². The van der Waals surface area contributed by atoms with E-state index in [2.05, 4.69) is 52.9 Å². The van der Waals surface area contributed by atoms with Crippen LogP contribution in [0.5, 0.6) is 0 Å². The first kappa shape index (κ1) is 19.4. The van der Waals surface area contributed by atoms with Gasteiger partial charge in [-0.15, -0.1) is 0 Å². The first-order chi connectivity index (χ1) is 14.1. The van der Waals surface area contributed by atoms with Crippen LogP contribution in [0.1, 0.15) is 16.8 Å². The zero-order valence-electron chi connectivity index (χ0n) is 16.9. The number of methoxy groups -OCH3 is 1. The van der Waals surface area contributed by atoms with Crippen molar-refractivity contribution >= 4 is 28.2 Å². The Bertz CT molecular complexity index is 1020. The Morgan fingerprint density at radius 2 is 1.97 bits per heavy atom. The molecule has 0 bridgehead atoms. The molecule has 3 aromatic rings. The molecule has 0 saturated heterocycles. The van der Waals surface area contributed by atoms with Crippen molar-refractivity contribution < 1.29 is 9.53 Å². The number of rotatable bonds is 8. The van der Waals surface area contributed by atoms with Gasteiger partial charge >= 0.3 is 0 Å². The van der Waals surface area contributed by atoms with Crippen LogP contribution in [0.4, 0.5) is 11.4 Å². The summed E-state index contributed by atoms with van der Waals surface area (Å²) in [6.07, 6.45) is 0.430. The van der Waals surface area contributed by atoms with Crippen LogP contribution >= 0.6 is 0 Å². The second-order valence-corrected chi connectivity index (χ2v) is 7.47. The Balaban J connectivity index is 1.38. The van der Waals surface area contributed by atoms with Crippen LogP contribution in [0.25, 0.3) is 10.9 Å². The Labute approximate surface area is 170 Å². The van der Waals surface area contributed by atoms with Crippen LogP contribution < -0.4 is 10.6 Å². The van der Waals surface area contributed by atoms with Crippen molar-refractivity contribution in [1.29, 1.82) is 0 Å². The van der Waals surface area contributed by atoms with Crippen LogP contribution in [-0.4, -0.2) is 43.1 Å². The molecule has 2 aromatic carbocycles. The van der Waals surface area contributed by atoms with Crippen LogP contribution in [-0.2, 0) is 29.0 Å². The molecule has 1 amide bonds. The lowest BCUT2D eigenvalue weighted by Gasteiger charge is -2.16. The predicted octanol–water partition coefficient (Wildman–Crippen LogP) is 3.42. The average molecular weight is 390 g/mol. The molecule has 0 unspecified atom stereocenters. The van der Waals surface area contributed by atoms with Gasteiger partial charge < -0.3 is 15.4 Å². The van der Waals surface area contributed by atoms with Gasteiger partial charge in [0.25, 0.3) is 0 Å². The van der Waals surface area contributed by atoms with Crippen molar-refractivity contribution in [3.63, 3.8) is 0 Å². The summed E-state index contributed by atoms with van der Waals surface area (Å²) in [4.78, 5) is 18.6. The van der Waals surface area contributed by atoms with Gasteiger partial charge in [0.1, 0.15) is 0 Å². The molecule has 0 aliphatic carbocycles. The van der Waals surface area contributed by atoms with Crippen LogP contribution in [0, 0.1) is 0 Å². The minimum absolute atomic E-state index is 0.0478. The van der Waals surface area contributed by atoms with Gasteiger partial charge in [0.2, 0.25) is 5.91 Å². The number of amides is 1. The second kappa shape index (κ2) is 8.59. The Morgan fingerprint density at radius 1 is 1.14 bits per heavy atom. The molecule has 6 nitrogen and oxygen atoms in total. The highest BCUT2D eigenvalue weighted by molar-refractivity contribution is 6.05. The van der Waals surface area contributed by atoms with Crippen molar-refractivity contribution in [1.82, 2.24) is 9.88 Å². The fourth-order valence-electron chi connectivity index (χ4n) is 3.63. The third kappa shape index (κ3) is 4.55. The van der Waals surface area contributed by atoms with Crippen molar-refractivity contribution in [3.8, 4) is 0 Å². The van der Waals surface area contributed by atoms with Gasteiger partial charge in [0.05, 0.1) is 30.8 Å². The predicted molar refractivity (Wildman–Crippen MR) is 116 cm³/mol. The van der Waals surface area contributed by atoms with Crippen molar-refractivity contribution in [2.75, 3.05) is 37.9 Å². The summed E-state index contributed by atoms with van der Waals surface area (Å²) in [6.45, 7) is 3.21. The molecule has 2 N–H and O–H groups in total. The number of ether oxygens (including phenoxy) is 1. The SMILES string of the molecule is COCCN(C)Cc1ccc(NCc2ccc3c4c(ccc3n2)NC(=O)C4)cc1. The number of carbonyl (C=O) groups is 1. The molecule has 4 rings (SSSR count). The van der Waals surface area contributed by atoms with E-state index in [1.165, 1.54) is 5.56 Å². The first-order valence-corrected chi connectivity index (χ1v) is 9.84. The third-order valence-electron chi connectivity index (χ3n) is 5.21. The third-order valence-corrected chi connectivity index (χ3v) is 5.21. The molecular weight excluding hydrogens is 364 g/mol. The number of anilines is 2. The minimum atomic E-state index is 0.0478. The number of aromatic nitrogens is 1. The fourth-order valence-corrected chi connectivity index (χ4v) is 3.63. The average Bonchev–Trinajstić information content (AvgIpc) is 3.12. The lowest BCUT2D eigenvalue weighted by molar-refractivity contribution is -0.115. The quantitative estimate of drug-likeness (QED) is 0.617. The van der Waals surface area contributed by atoms with Gasteiger partial charge in [-0.3, -0.25) is 14.7 Å². The molecule has 2 heterocycles. The molecule has 0 saturated carbocycles. The van der Waals surface area contributed by atoms with Gasteiger partial charge in [-0.05, 0) is 48.5 Å². The Kier molecular flexibility index (Phi) is 5.74. The molecule has 150 valence electrons. The number of pyridine rings is 1. The topological polar surface area (TPSA) is 66.5 Å². The molecule has 1 aliphatic rings. The maximum absolute atomic E-state index is 11.6. The summed E-state index contributed by atoms with van der Waals surface area (Å²) in [7, 11) is 3.82. The number of hydrogen-bond acceptors (Lipinski definition) is 5. The van der Waals surface area contributed by atoms with Gasteiger partial charge in [-0.2, -0.15) is 0 Å². The largest absolute Gasteiger partial charge is 0.383 e. The van der Waals surface area contributed by atoms with E-state index in [9.17, 15) is 4.79 Å². The van der Waals surface area contributed by atoms with Gasteiger partial charge in [-0.25, -0.2) is 0 Å². The van der Waals surface area contributed by atoms with Crippen LogP contribution in [0.3, 0.4) is 0 Å². The van der Waals surface area contributed by atoms with E-state index >= 15 is 0 Å². The monoisotopic (exact) mass is 390 g/mol. The minimum Gasteiger partial charge on any atom is -0.383 e. The van der Waals surface area contributed by atoms with E-state index in [1.807, 2.05) is 18.2 Å². The van der Waals surface area contributed by atoms with Crippen molar-refractivity contribution in [3.05, 3.63) is 65.4 Å². The fraction of sp³-hybridized carbons (Fsp3) is 0.304. The normalized spacial score (nSPS) is 13.0. The highest BCUT2D eigenvalue weighted by Gasteiger charge is 2.20. The zero-order chi connectivity index (χ0) is 20.2. The summed E-state index contributed by atoms with van der Waals surface area (Å²) < 4.78 is 5.12. The lowest BCUT2D eigenvalue weighted by atomic mass is 10.1. The molecule has 0 atom stereocenters. The number of hydrogen-bond donors (Lipinski definition) is 2. The molecule has 1 aromatic heterocycles. The van der Waals surface area contributed by atoms with E-state index < -0.39 is 0 Å². The second-order valence-electron chi connectivity index (χ2n) is 7.47. The number of fused-ring (bicyclic) bond motifs is 3. The highest BCUT2D eigenvalue weighted by Crippen LogP contribution is 2.30. The Hall–Kier alpha value is -2.96. The molecule has 0 spiro atoms. The number of nitrogens with zero attached hydrogens (tertiary/aromatic N) is 2. The molecule has 1 aliphatic heterocycles. The summed E-state index contributed by atoms with van der Waals surface area (Å²) in [5.41, 5.74) is 6.19. The molecular formula is C23H26N4O2. The summed E-state index contributed by atoms with van der Waals surface area (Å²) in [6, 6.07) is 16.5. The maximum Gasteiger partial charge on any atom is 0.228 e. The summed E-state index contributed by atoms with van der Waals surface area (Å²) in [5.74, 6) is 0.0478. The van der Waals surface area contributed by atoms with Crippen molar-refractivity contribution in [2.24, 2.45) is 0 Å². The van der Waals surface area contributed by atoms with Crippen molar-refractivity contribution in [2.45, 2.75) is 19.5 Å². The number of benzene rings is 2. The van der Waals surface area contributed by atoms with E-state index in [0.29, 0.717) is 13.0 Å². The van der Waals surface area contributed by atoms with Crippen LogP contribution in [0.15, 0.2) is 48.5 Å².